The molecule has 0 spiro atoms. The number of halogens is 1. The van der Waals surface area contributed by atoms with Crippen LogP contribution in [0.3, 0.4) is 0 Å². The smallest absolute Gasteiger partial charge is 0.344 e. The van der Waals surface area contributed by atoms with Gasteiger partial charge in [0.25, 0.3) is 0 Å². The van der Waals surface area contributed by atoms with Crippen LogP contribution < -0.4 is 4.74 Å². The maximum atomic E-state index is 10.7. The zero-order chi connectivity index (χ0) is 11.3. The molecule has 0 amide bonds. The Morgan fingerprint density at radius 2 is 2.07 bits per heavy atom. The third-order valence-electron chi connectivity index (χ3n) is 2.00. The van der Waals surface area contributed by atoms with Crippen LogP contribution in [0.5, 0.6) is 5.75 Å². The van der Waals surface area contributed by atoms with E-state index in [0.717, 1.165) is 5.56 Å². The number of carbonyl (C=O) groups is 1. The van der Waals surface area contributed by atoms with Gasteiger partial charge >= 0.3 is 5.97 Å². The SMILES string of the molecule is CCC(Oc1ccc(CCl)cc1)C(=O)O. The summed E-state index contributed by atoms with van der Waals surface area (Å²) in [4.78, 5) is 10.7. The van der Waals surface area contributed by atoms with E-state index in [1.807, 2.05) is 12.1 Å². The molecule has 0 heterocycles. The van der Waals surface area contributed by atoms with Crippen LogP contribution in [0.2, 0.25) is 0 Å². The van der Waals surface area contributed by atoms with Crippen molar-refractivity contribution in [2.24, 2.45) is 0 Å². The summed E-state index contributed by atoms with van der Waals surface area (Å²) in [5.74, 6) is 0.0493. The highest BCUT2D eigenvalue weighted by molar-refractivity contribution is 6.17. The van der Waals surface area contributed by atoms with Gasteiger partial charge in [-0.1, -0.05) is 19.1 Å². The molecule has 1 aromatic rings. The van der Waals surface area contributed by atoms with E-state index in [-0.39, 0.29) is 0 Å². The maximum Gasteiger partial charge on any atom is 0.344 e. The summed E-state index contributed by atoms with van der Waals surface area (Å²) in [6.45, 7) is 1.77. The van der Waals surface area contributed by atoms with Crippen LogP contribution in [0.15, 0.2) is 24.3 Å². The highest BCUT2D eigenvalue weighted by atomic mass is 35.5. The summed E-state index contributed by atoms with van der Waals surface area (Å²) in [7, 11) is 0. The lowest BCUT2D eigenvalue weighted by molar-refractivity contribution is -0.145. The molecular weight excluding hydrogens is 216 g/mol. The fraction of sp³-hybridized carbons (Fsp3) is 0.364. The number of benzene rings is 1. The van der Waals surface area contributed by atoms with Crippen molar-refractivity contribution in [3.8, 4) is 5.75 Å². The van der Waals surface area contributed by atoms with Crippen molar-refractivity contribution >= 4 is 17.6 Å². The van der Waals surface area contributed by atoms with E-state index in [4.69, 9.17) is 21.4 Å². The van der Waals surface area contributed by atoms with E-state index in [0.29, 0.717) is 18.1 Å². The molecule has 0 aliphatic carbocycles. The minimum absolute atomic E-state index is 0.437. The van der Waals surface area contributed by atoms with Gasteiger partial charge in [0, 0.05) is 5.88 Å². The van der Waals surface area contributed by atoms with Crippen molar-refractivity contribution in [2.45, 2.75) is 25.3 Å². The van der Waals surface area contributed by atoms with Crippen molar-refractivity contribution in [3.05, 3.63) is 29.8 Å². The normalized spacial score (nSPS) is 12.1. The second-order valence-corrected chi connectivity index (χ2v) is 3.40. The molecule has 0 radical (unpaired) electrons. The van der Waals surface area contributed by atoms with Crippen LogP contribution in [0.4, 0.5) is 0 Å². The largest absolute Gasteiger partial charge is 0.479 e. The molecule has 1 N–H and O–H groups in total. The van der Waals surface area contributed by atoms with E-state index in [1.54, 1.807) is 19.1 Å². The van der Waals surface area contributed by atoms with E-state index < -0.39 is 12.1 Å². The number of carboxylic acid groups (broad SMARTS) is 1. The van der Waals surface area contributed by atoms with Crippen LogP contribution in [0.25, 0.3) is 0 Å². The number of hydrogen-bond donors (Lipinski definition) is 1. The van der Waals surface area contributed by atoms with Crippen LogP contribution in [-0.4, -0.2) is 17.2 Å². The fourth-order valence-corrected chi connectivity index (χ4v) is 1.31. The van der Waals surface area contributed by atoms with Crippen LogP contribution in [0.1, 0.15) is 18.9 Å². The zero-order valence-electron chi connectivity index (χ0n) is 8.44. The molecule has 1 rings (SSSR count). The first-order valence-corrected chi connectivity index (χ1v) is 5.25. The molecule has 1 unspecified atom stereocenters. The standard InChI is InChI=1S/C11H13ClO3/c1-2-10(11(13)14)15-9-5-3-8(7-12)4-6-9/h3-6,10H,2,7H2,1H3,(H,13,14). The monoisotopic (exact) mass is 228 g/mol. The second kappa shape index (κ2) is 5.61. The third kappa shape index (κ3) is 3.44. The molecule has 0 saturated heterocycles. The molecule has 15 heavy (non-hydrogen) atoms. The van der Waals surface area contributed by atoms with E-state index in [9.17, 15) is 4.79 Å². The Bertz CT molecular complexity index is 321. The van der Waals surface area contributed by atoms with Crippen molar-refractivity contribution in [3.63, 3.8) is 0 Å². The predicted octanol–water partition coefficient (Wildman–Crippen LogP) is 2.67. The summed E-state index contributed by atoms with van der Waals surface area (Å²) in [6.07, 6.45) is -0.348. The molecule has 0 aromatic heterocycles. The molecule has 0 bridgehead atoms. The Morgan fingerprint density at radius 3 is 2.47 bits per heavy atom. The quantitative estimate of drug-likeness (QED) is 0.789. The van der Waals surface area contributed by atoms with Gasteiger partial charge in [0.15, 0.2) is 6.10 Å². The van der Waals surface area contributed by atoms with Crippen molar-refractivity contribution in [1.82, 2.24) is 0 Å². The number of aliphatic carboxylic acids is 1. The first-order chi connectivity index (χ1) is 7.17. The van der Waals surface area contributed by atoms with Gasteiger partial charge in [0.05, 0.1) is 0 Å². The van der Waals surface area contributed by atoms with Gasteiger partial charge in [-0.15, -0.1) is 11.6 Å². The summed E-state index contributed by atoms with van der Waals surface area (Å²) in [6, 6.07) is 7.08. The molecule has 0 aliphatic heterocycles. The van der Waals surface area contributed by atoms with Gasteiger partial charge in [0.2, 0.25) is 0 Å². The van der Waals surface area contributed by atoms with Gasteiger partial charge in [-0.2, -0.15) is 0 Å². The van der Waals surface area contributed by atoms with Crippen molar-refractivity contribution < 1.29 is 14.6 Å². The average Bonchev–Trinajstić information content (AvgIpc) is 2.26. The Morgan fingerprint density at radius 1 is 1.47 bits per heavy atom. The molecule has 82 valence electrons. The second-order valence-electron chi connectivity index (χ2n) is 3.13. The Labute approximate surface area is 93.6 Å². The number of carboxylic acids is 1. The Hall–Kier alpha value is -1.22. The average molecular weight is 229 g/mol. The first-order valence-electron chi connectivity index (χ1n) is 4.71. The molecule has 1 atom stereocenters. The lowest BCUT2D eigenvalue weighted by Gasteiger charge is -2.12. The Kier molecular flexibility index (Phi) is 4.43. The topological polar surface area (TPSA) is 46.5 Å². The number of rotatable bonds is 5. The van der Waals surface area contributed by atoms with Crippen LogP contribution in [0, 0.1) is 0 Å². The number of ether oxygens (including phenoxy) is 1. The van der Waals surface area contributed by atoms with Gasteiger partial charge < -0.3 is 9.84 Å². The minimum Gasteiger partial charge on any atom is -0.479 e. The molecule has 4 heteroatoms. The molecule has 0 fully saturated rings. The lowest BCUT2D eigenvalue weighted by atomic mass is 10.2. The third-order valence-corrected chi connectivity index (χ3v) is 2.31. The molecule has 1 aromatic carbocycles. The molecular formula is C11H13ClO3. The van der Waals surface area contributed by atoms with Gasteiger partial charge in [-0.25, -0.2) is 4.79 Å². The minimum atomic E-state index is -0.945. The number of alkyl halides is 1. The van der Waals surface area contributed by atoms with Gasteiger partial charge in [0.1, 0.15) is 5.75 Å². The predicted molar refractivity (Wildman–Crippen MR) is 58.3 cm³/mol. The van der Waals surface area contributed by atoms with Crippen LogP contribution >= 0.6 is 11.6 Å². The van der Waals surface area contributed by atoms with Crippen LogP contribution in [-0.2, 0) is 10.7 Å². The fourth-order valence-electron chi connectivity index (χ4n) is 1.13. The first kappa shape index (κ1) is 11.9. The van der Waals surface area contributed by atoms with E-state index >= 15 is 0 Å². The van der Waals surface area contributed by atoms with Crippen molar-refractivity contribution in [2.75, 3.05) is 0 Å². The summed E-state index contributed by atoms with van der Waals surface area (Å²) in [5, 5.41) is 8.79. The van der Waals surface area contributed by atoms with Crippen molar-refractivity contribution in [1.29, 1.82) is 0 Å². The van der Waals surface area contributed by atoms with E-state index in [2.05, 4.69) is 0 Å². The maximum absolute atomic E-state index is 10.7. The summed E-state index contributed by atoms with van der Waals surface area (Å²) in [5.41, 5.74) is 0.979. The van der Waals surface area contributed by atoms with Gasteiger partial charge in [-0.05, 0) is 24.1 Å². The summed E-state index contributed by atoms with van der Waals surface area (Å²) >= 11 is 5.63. The zero-order valence-corrected chi connectivity index (χ0v) is 9.20. The van der Waals surface area contributed by atoms with E-state index in [1.165, 1.54) is 0 Å². The highest BCUT2D eigenvalue weighted by Crippen LogP contribution is 2.16. The lowest BCUT2D eigenvalue weighted by Crippen LogP contribution is -2.25. The summed E-state index contributed by atoms with van der Waals surface area (Å²) < 4.78 is 5.28. The molecule has 0 aliphatic rings. The number of hydrogen-bond acceptors (Lipinski definition) is 2. The van der Waals surface area contributed by atoms with Gasteiger partial charge in [-0.3, -0.25) is 0 Å². The Balaban J connectivity index is 2.67. The molecule has 0 saturated carbocycles. The highest BCUT2D eigenvalue weighted by Gasteiger charge is 2.16. The molecule has 3 nitrogen and oxygen atoms in total.